The smallest absolute Gasteiger partial charge is 0.416 e. The summed E-state index contributed by atoms with van der Waals surface area (Å²) in [5.41, 5.74) is 0.187. The zero-order chi connectivity index (χ0) is 24.4. The average molecular weight is 464 g/mol. The van der Waals surface area contributed by atoms with Gasteiger partial charge >= 0.3 is 6.18 Å². The molecule has 0 spiro atoms. The lowest BCUT2D eigenvalue weighted by atomic mass is 10.1. The second kappa shape index (κ2) is 11.9. The Morgan fingerprint density at radius 3 is 2.24 bits per heavy atom. The van der Waals surface area contributed by atoms with Crippen LogP contribution in [0.4, 0.5) is 13.2 Å². The molecule has 2 rings (SSSR count). The SMILES string of the molecule is CCCCNC(=O)/C(=C/c1ccc(OC)c(OC)c1)NC(=O)Cc1ccc(C(F)(F)F)cc1. The number of rotatable bonds is 10. The molecule has 0 atom stereocenters. The van der Waals surface area contributed by atoms with Gasteiger partial charge in [-0.3, -0.25) is 9.59 Å². The van der Waals surface area contributed by atoms with Crippen molar-refractivity contribution >= 4 is 17.9 Å². The number of alkyl halides is 3. The molecule has 0 saturated carbocycles. The van der Waals surface area contributed by atoms with Gasteiger partial charge in [0.15, 0.2) is 11.5 Å². The molecule has 0 unspecified atom stereocenters. The van der Waals surface area contributed by atoms with E-state index in [1.54, 1.807) is 18.2 Å². The van der Waals surface area contributed by atoms with E-state index in [1.807, 2.05) is 6.92 Å². The zero-order valence-corrected chi connectivity index (χ0v) is 18.7. The first-order valence-corrected chi connectivity index (χ1v) is 10.4. The summed E-state index contributed by atoms with van der Waals surface area (Å²) in [6.07, 6.45) is -1.49. The summed E-state index contributed by atoms with van der Waals surface area (Å²) in [5, 5.41) is 5.31. The van der Waals surface area contributed by atoms with Gasteiger partial charge in [0, 0.05) is 6.54 Å². The van der Waals surface area contributed by atoms with Gasteiger partial charge in [0.25, 0.3) is 5.91 Å². The van der Waals surface area contributed by atoms with Gasteiger partial charge in [-0.2, -0.15) is 13.2 Å². The van der Waals surface area contributed by atoms with Crippen molar-refractivity contribution in [2.45, 2.75) is 32.4 Å². The van der Waals surface area contributed by atoms with E-state index >= 15 is 0 Å². The Morgan fingerprint density at radius 1 is 1.00 bits per heavy atom. The normalized spacial score (nSPS) is 11.6. The highest BCUT2D eigenvalue weighted by molar-refractivity contribution is 6.01. The fourth-order valence-corrected chi connectivity index (χ4v) is 2.93. The van der Waals surface area contributed by atoms with Crippen LogP contribution < -0.4 is 20.1 Å². The molecule has 2 aromatic rings. The van der Waals surface area contributed by atoms with Crippen molar-refractivity contribution in [2.24, 2.45) is 0 Å². The third-order valence-electron chi connectivity index (χ3n) is 4.70. The van der Waals surface area contributed by atoms with E-state index in [0.29, 0.717) is 29.2 Å². The zero-order valence-electron chi connectivity index (χ0n) is 18.7. The number of hydrogen-bond acceptors (Lipinski definition) is 4. The Morgan fingerprint density at radius 2 is 1.67 bits per heavy atom. The van der Waals surface area contributed by atoms with Crippen LogP contribution >= 0.6 is 0 Å². The monoisotopic (exact) mass is 464 g/mol. The maximum absolute atomic E-state index is 12.7. The van der Waals surface area contributed by atoms with E-state index in [1.165, 1.54) is 32.4 Å². The first-order valence-electron chi connectivity index (χ1n) is 10.4. The third-order valence-corrected chi connectivity index (χ3v) is 4.70. The van der Waals surface area contributed by atoms with E-state index in [9.17, 15) is 22.8 Å². The molecule has 2 amide bonds. The molecule has 6 nitrogen and oxygen atoms in total. The van der Waals surface area contributed by atoms with Crippen molar-refractivity contribution < 1.29 is 32.2 Å². The van der Waals surface area contributed by atoms with E-state index in [-0.39, 0.29) is 12.1 Å². The van der Waals surface area contributed by atoms with Crippen molar-refractivity contribution in [3.05, 3.63) is 64.9 Å². The molecule has 0 saturated heterocycles. The van der Waals surface area contributed by atoms with E-state index in [4.69, 9.17) is 9.47 Å². The van der Waals surface area contributed by atoms with Crippen molar-refractivity contribution in [3.8, 4) is 11.5 Å². The molecule has 178 valence electrons. The molecular formula is C24H27F3N2O4. The molecule has 0 fully saturated rings. The van der Waals surface area contributed by atoms with Crippen molar-refractivity contribution in [3.63, 3.8) is 0 Å². The minimum Gasteiger partial charge on any atom is -0.493 e. The highest BCUT2D eigenvalue weighted by Gasteiger charge is 2.30. The van der Waals surface area contributed by atoms with Gasteiger partial charge in [-0.15, -0.1) is 0 Å². The maximum atomic E-state index is 12.7. The molecule has 0 radical (unpaired) electrons. The lowest BCUT2D eigenvalue weighted by molar-refractivity contribution is -0.137. The molecular weight excluding hydrogens is 437 g/mol. The molecule has 0 aromatic heterocycles. The largest absolute Gasteiger partial charge is 0.493 e. The number of carbonyl (C=O) groups excluding carboxylic acids is 2. The first kappa shape index (κ1) is 25.8. The van der Waals surface area contributed by atoms with E-state index in [0.717, 1.165) is 25.0 Å². The number of ether oxygens (including phenoxy) is 2. The minimum absolute atomic E-state index is 0.00948. The fraction of sp³-hybridized carbons (Fsp3) is 0.333. The van der Waals surface area contributed by atoms with Crippen LogP contribution in [0.15, 0.2) is 48.2 Å². The number of unbranched alkanes of at least 4 members (excludes halogenated alkanes) is 1. The van der Waals surface area contributed by atoms with Crippen LogP contribution in [0.5, 0.6) is 11.5 Å². The summed E-state index contributed by atoms with van der Waals surface area (Å²) in [6.45, 7) is 2.42. The Kier molecular flexibility index (Phi) is 9.32. The number of hydrogen-bond donors (Lipinski definition) is 2. The lowest BCUT2D eigenvalue weighted by Gasteiger charge is -2.13. The van der Waals surface area contributed by atoms with Crippen LogP contribution in [0.25, 0.3) is 6.08 Å². The van der Waals surface area contributed by atoms with Crippen molar-refractivity contribution in [2.75, 3.05) is 20.8 Å². The summed E-state index contributed by atoms with van der Waals surface area (Å²) in [7, 11) is 2.98. The molecule has 2 aromatic carbocycles. The number of methoxy groups -OCH3 is 2. The van der Waals surface area contributed by atoms with Crippen LogP contribution in [0.2, 0.25) is 0 Å². The Hall–Kier alpha value is -3.49. The highest BCUT2D eigenvalue weighted by Crippen LogP contribution is 2.29. The molecule has 9 heteroatoms. The van der Waals surface area contributed by atoms with Gasteiger partial charge < -0.3 is 20.1 Å². The summed E-state index contributed by atoms with van der Waals surface area (Å²) in [4.78, 5) is 25.2. The summed E-state index contributed by atoms with van der Waals surface area (Å²) >= 11 is 0. The standard InChI is InChI=1S/C24H27F3N2O4/c1-4-5-12-28-23(31)19(13-17-8-11-20(32-2)21(14-17)33-3)29-22(30)15-16-6-9-18(10-7-16)24(25,26)27/h6-11,13-14H,4-5,12,15H2,1-3H3,(H,28,31)(H,29,30)/b19-13-. The number of halogens is 3. The Labute approximate surface area is 190 Å². The maximum Gasteiger partial charge on any atom is 0.416 e. The molecule has 33 heavy (non-hydrogen) atoms. The van der Waals surface area contributed by atoms with Gasteiger partial charge in [-0.25, -0.2) is 0 Å². The van der Waals surface area contributed by atoms with Crippen LogP contribution in [0.3, 0.4) is 0 Å². The fourth-order valence-electron chi connectivity index (χ4n) is 2.93. The van der Waals surface area contributed by atoms with Crippen molar-refractivity contribution in [1.29, 1.82) is 0 Å². The molecule has 2 N–H and O–H groups in total. The van der Waals surface area contributed by atoms with Gasteiger partial charge in [-0.1, -0.05) is 31.5 Å². The quantitative estimate of drug-likeness (QED) is 0.405. The van der Waals surface area contributed by atoms with Gasteiger partial charge in [0.05, 0.1) is 26.2 Å². The Bertz CT molecular complexity index is 986. The van der Waals surface area contributed by atoms with Crippen LogP contribution in [0.1, 0.15) is 36.5 Å². The number of carbonyl (C=O) groups is 2. The summed E-state index contributed by atoms with van der Waals surface area (Å²) in [5.74, 6) is -0.0471. The minimum atomic E-state index is -4.45. The second-order valence-corrected chi connectivity index (χ2v) is 7.20. The van der Waals surface area contributed by atoms with Gasteiger partial charge in [0.1, 0.15) is 5.70 Å². The van der Waals surface area contributed by atoms with Gasteiger partial charge in [-0.05, 0) is 47.9 Å². The van der Waals surface area contributed by atoms with Gasteiger partial charge in [0.2, 0.25) is 5.91 Å². The Balaban J connectivity index is 2.22. The lowest BCUT2D eigenvalue weighted by Crippen LogP contribution is -2.36. The highest BCUT2D eigenvalue weighted by atomic mass is 19.4. The topological polar surface area (TPSA) is 76.7 Å². The summed E-state index contributed by atoms with van der Waals surface area (Å²) in [6, 6.07) is 9.33. The number of amides is 2. The van der Waals surface area contributed by atoms with Crippen LogP contribution in [-0.4, -0.2) is 32.6 Å². The molecule has 0 aliphatic heterocycles. The summed E-state index contributed by atoms with van der Waals surface area (Å²) < 4.78 is 48.7. The average Bonchev–Trinajstić information content (AvgIpc) is 2.78. The molecule has 0 heterocycles. The molecule has 0 aliphatic rings. The number of benzene rings is 2. The first-order chi connectivity index (χ1) is 15.7. The molecule has 0 aliphatic carbocycles. The molecule has 0 bridgehead atoms. The van der Waals surface area contributed by atoms with Crippen molar-refractivity contribution in [1.82, 2.24) is 10.6 Å². The van der Waals surface area contributed by atoms with Crippen LogP contribution in [0, 0.1) is 0 Å². The second-order valence-electron chi connectivity index (χ2n) is 7.20. The van der Waals surface area contributed by atoms with Crippen LogP contribution in [-0.2, 0) is 22.2 Å². The predicted molar refractivity (Wildman–Crippen MR) is 119 cm³/mol. The predicted octanol–water partition coefficient (Wildman–Crippen LogP) is 4.34. The third kappa shape index (κ3) is 7.85. The van der Waals surface area contributed by atoms with E-state index in [2.05, 4.69) is 10.6 Å². The van der Waals surface area contributed by atoms with E-state index < -0.39 is 23.6 Å². The number of nitrogens with one attached hydrogen (secondary N) is 2.